The Labute approximate surface area is 348 Å². The molecule has 0 radical (unpaired) electrons. The van der Waals surface area contributed by atoms with Gasteiger partial charge in [-0.1, -0.05) is 80.4 Å². The molecule has 0 bridgehead atoms. The normalized spacial score (nSPS) is 15.8. The molecule has 0 aliphatic carbocycles. The van der Waals surface area contributed by atoms with Crippen LogP contribution in [0.15, 0.2) is 115 Å². The summed E-state index contributed by atoms with van der Waals surface area (Å²) in [6, 6.07) is 40.0. The van der Waals surface area contributed by atoms with Gasteiger partial charge in [0, 0.05) is 38.4 Å². The molecule has 2 saturated heterocycles. The van der Waals surface area contributed by atoms with Gasteiger partial charge in [-0.3, -0.25) is 0 Å². The van der Waals surface area contributed by atoms with Crippen LogP contribution in [-0.2, 0) is 31.8 Å². The molecule has 5 aromatic carbocycles. The second-order valence-corrected chi connectivity index (χ2v) is 16.7. The topological polar surface area (TPSA) is 46.8 Å². The monoisotopic (exact) mass is 782 g/mol. The van der Waals surface area contributed by atoms with Crippen LogP contribution in [0.2, 0.25) is 0 Å². The zero-order valence-corrected chi connectivity index (χ0v) is 34.6. The first-order chi connectivity index (χ1) is 29.0. The second-order valence-electron chi connectivity index (χ2n) is 16.7. The Morgan fingerprint density at radius 1 is 0.627 bits per heavy atom. The molecule has 0 saturated carbocycles. The standard InChI is InChI=1S/C53H54N2O4/c1-5-13-48-44(6-2)46-28-38(24-26-56-32-52(7-3)34-58-35-52)20-22-50(46)54(48)42-16-11-14-40(30-42)41-15-12-17-43(31-41)55-49-19-10-9-18-45(49)47-29-39(21-23-51(47)55)25-27-57-33-53(8-4)36-59-37-53/h2,5,9-23,28-31H,7-8,24-27,32-37H2,1,3-4H3/b13-5-. The van der Waals surface area contributed by atoms with Gasteiger partial charge in [0.25, 0.3) is 0 Å². The first kappa shape index (κ1) is 39.1. The molecule has 9 rings (SSSR count). The van der Waals surface area contributed by atoms with E-state index >= 15 is 0 Å². The van der Waals surface area contributed by atoms with E-state index in [0.717, 1.165) is 110 Å². The summed E-state index contributed by atoms with van der Waals surface area (Å²) in [6.45, 7) is 12.6. The summed E-state index contributed by atoms with van der Waals surface area (Å²) in [4.78, 5) is 0. The van der Waals surface area contributed by atoms with Gasteiger partial charge in [-0.15, -0.1) is 6.42 Å². The van der Waals surface area contributed by atoms with Gasteiger partial charge >= 0.3 is 0 Å². The summed E-state index contributed by atoms with van der Waals surface area (Å²) in [5, 5.41) is 3.59. The molecule has 0 atom stereocenters. The third kappa shape index (κ3) is 7.43. The first-order valence-corrected chi connectivity index (χ1v) is 21.3. The molecule has 2 fully saturated rings. The van der Waals surface area contributed by atoms with Crippen molar-refractivity contribution in [2.24, 2.45) is 10.8 Å². The lowest BCUT2D eigenvalue weighted by Crippen LogP contribution is -2.45. The fourth-order valence-electron chi connectivity index (χ4n) is 8.88. The minimum absolute atomic E-state index is 0.185. The second kappa shape index (κ2) is 16.7. The van der Waals surface area contributed by atoms with Crippen LogP contribution in [0.4, 0.5) is 0 Å². The lowest BCUT2D eigenvalue weighted by atomic mass is 9.84. The number of fused-ring (bicyclic) bond motifs is 4. The van der Waals surface area contributed by atoms with E-state index in [0.29, 0.717) is 13.2 Å². The average Bonchev–Trinajstić information content (AvgIpc) is 3.74. The van der Waals surface area contributed by atoms with E-state index in [1.165, 1.54) is 32.9 Å². The molecule has 0 amide bonds. The van der Waals surface area contributed by atoms with E-state index in [1.807, 2.05) is 6.92 Å². The minimum atomic E-state index is 0.185. The molecule has 6 nitrogen and oxygen atoms in total. The number of terminal acetylenes is 1. The molecular formula is C53H54N2O4. The Morgan fingerprint density at radius 3 is 1.71 bits per heavy atom. The lowest BCUT2D eigenvalue weighted by Gasteiger charge is -2.40. The lowest BCUT2D eigenvalue weighted by molar-refractivity contribution is -0.149. The van der Waals surface area contributed by atoms with Gasteiger partial charge in [0.1, 0.15) is 0 Å². The van der Waals surface area contributed by atoms with Crippen LogP contribution >= 0.6 is 0 Å². The largest absolute Gasteiger partial charge is 0.380 e. The van der Waals surface area contributed by atoms with Crippen molar-refractivity contribution in [3.63, 3.8) is 0 Å². The Balaban J connectivity index is 1.01. The van der Waals surface area contributed by atoms with Crippen LogP contribution in [0.25, 0.3) is 61.3 Å². The van der Waals surface area contributed by atoms with Crippen LogP contribution in [0, 0.1) is 23.2 Å². The van der Waals surface area contributed by atoms with Gasteiger partial charge < -0.3 is 28.1 Å². The molecular weight excluding hydrogens is 729 g/mol. The van der Waals surface area contributed by atoms with E-state index in [-0.39, 0.29) is 10.8 Å². The fourth-order valence-corrected chi connectivity index (χ4v) is 8.88. The van der Waals surface area contributed by atoms with Crippen LogP contribution in [0.5, 0.6) is 0 Å². The average molecular weight is 783 g/mol. The molecule has 2 aromatic heterocycles. The van der Waals surface area contributed by atoms with Crippen molar-refractivity contribution in [1.82, 2.24) is 9.13 Å². The van der Waals surface area contributed by atoms with E-state index in [1.54, 1.807) is 0 Å². The maximum Gasteiger partial charge on any atom is 0.0621 e. The van der Waals surface area contributed by atoms with Gasteiger partial charge in [-0.05, 0) is 116 Å². The van der Waals surface area contributed by atoms with Crippen molar-refractivity contribution in [3.05, 3.63) is 138 Å². The highest BCUT2D eigenvalue weighted by Gasteiger charge is 2.37. The summed E-state index contributed by atoms with van der Waals surface area (Å²) in [6.07, 6.45) is 14.3. The van der Waals surface area contributed by atoms with Crippen molar-refractivity contribution >= 4 is 38.8 Å². The highest BCUT2D eigenvalue weighted by molar-refractivity contribution is 6.09. The Bertz CT molecular complexity index is 2690. The molecule has 2 aliphatic heterocycles. The third-order valence-electron chi connectivity index (χ3n) is 12.8. The summed E-state index contributed by atoms with van der Waals surface area (Å²) in [5.41, 5.74) is 12.8. The summed E-state index contributed by atoms with van der Waals surface area (Å²) >= 11 is 0. The number of benzene rings is 5. The molecule has 2 aliphatic rings. The zero-order chi connectivity index (χ0) is 40.4. The predicted octanol–water partition coefficient (Wildman–Crippen LogP) is 11.4. The van der Waals surface area contributed by atoms with Gasteiger partial charge in [0.05, 0.1) is 80.7 Å². The van der Waals surface area contributed by atoms with Gasteiger partial charge in [0.15, 0.2) is 0 Å². The van der Waals surface area contributed by atoms with Crippen LogP contribution in [0.1, 0.15) is 56.0 Å². The number of ether oxygens (including phenoxy) is 4. The van der Waals surface area contributed by atoms with E-state index in [9.17, 15) is 0 Å². The Morgan fingerprint density at radius 2 is 1.17 bits per heavy atom. The smallest absolute Gasteiger partial charge is 0.0621 e. The molecule has 4 heterocycles. The van der Waals surface area contributed by atoms with E-state index in [2.05, 4.69) is 150 Å². The molecule has 0 N–H and O–H groups in total. The number of hydrogen-bond donors (Lipinski definition) is 0. The first-order valence-electron chi connectivity index (χ1n) is 21.3. The fraction of sp³-hybridized carbons (Fsp3) is 0.321. The number of para-hydroxylation sites is 1. The van der Waals surface area contributed by atoms with Crippen LogP contribution in [0.3, 0.4) is 0 Å². The summed E-state index contributed by atoms with van der Waals surface area (Å²) in [7, 11) is 0. The number of allylic oxidation sites excluding steroid dienone is 1. The summed E-state index contributed by atoms with van der Waals surface area (Å²) < 4.78 is 28.0. The van der Waals surface area contributed by atoms with Crippen molar-refractivity contribution in [1.29, 1.82) is 0 Å². The number of nitrogens with zero attached hydrogens (tertiary/aromatic N) is 2. The van der Waals surface area contributed by atoms with Crippen LogP contribution in [-0.4, -0.2) is 62.0 Å². The molecule has 59 heavy (non-hydrogen) atoms. The number of rotatable bonds is 16. The third-order valence-corrected chi connectivity index (χ3v) is 12.8. The van der Waals surface area contributed by atoms with E-state index < -0.39 is 0 Å². The van der Waals surface area contributed by atoms with Crippen molar-refractivity contribution in [2.75, 3.05) is 52.9 Å². The molecule has 6 heteroatoms. The zero-order valence-electron chi connectivity index (χ0n) is 34.6. The number of aromatic nitrogens is 2. The summed E-state index contributed by atoms with van der Waals surface area (Å²) in [5.74, 6) is 3.05. The molecule has 0 spiro atoms. The van der Waals surface area contributed by atoms with Crippen molar-refractivity contribution < 1.29 is 18.9 Å². The number of hydrogen-bond acceptors (Lipinski definition) is 4. The SMILES string of the molecule is C#Cc1c(/C=C\C)n(-c2cccc(-c3cccc(-n4c5ccccc5c5cc(CCOCC6(CC)COC6)ccc54)c3)c2)c2ccc(CCOCC3(CC)COC3)cc12. The van der Waals surface area contributed by atoms with Gasteiger partial charge in [-0.25, -0.2) is 0 Å². The van der Waals surface area contributed by atoms with Crippen molar-refractivity contribution in [2.45, 2.75) is 46.5 Å². The maximum absolute atomic E-state index is 6.27. The van der Waals surface area contributed by atoms with Crippen LogP contribution < -0.4 is 0 Å². The van der Waals surface area contributed by atoms with Gasteiger partial charge in [-0.2, -0.15) is 0 Å². The Hall–Kier alpha value is -5.42. The predicted molar refractivity (Wildman–Crippen MR) is 242 cm³/mol. The van der Waals surface area contributed by atoms with Gasteiger partial charge in [0.2, 0.25) is 0 Å². The maximum atomic E-state index is 6.27. The van der Waals surface area contributed by atoms with Crippen molar-refractivity contribution in [3.8, 4) is 34.8 Å². The highest BCUT2D eigenvalue weighted by Crippen LogP contribution is 2.37. The minimum Gasteiger partial charge on any atom is -0.380 e. The molecule has 0 unspecified atom stereocenters. The van der Waals surface area contributed by atoms with E-state index in [4.69, 9.17) is 25.4 Å². The molecule has 300 valence electrons. The highest BCUT2D eigenvalue weighted by atomic mass is 16.5. The Kier molecular flexibility index (Phi) is 11.0. The molecule has 7 aromatic rings. The quantitative estimate of drug-likeness (QED) is 0.0723.